The largest absolute Gasteiger partial charge is 0.334 e. The van der Waals surface area contributed by atoms with Crippen LogP contribution in [-0.2, 0) is 27.1 Å². The van der Waals surface area contributed by atoms with Crippen molar-refractivity contribution < 1.29 is 0 Å². The standard InChI is InChI=1S/C51H62N2S/c1-46(2,3)30-17-20-34(21-18-30)52-38-28-33(49(10,11)12)29-39-42(38)41(45-44(52)35-25-31(47(4,5)6)19-22-40(35)54-45)36-26-32(48(7,8)9)27-37-43(36)53(39)51(14)24-16-15-23-50(37,51)13/h17-22,25-29,41H,15-16,23-24H2,1-14H3. The van der Waals surface area contributed by atoms with Gasteiger partial charge in [0.05, 0.1) is 22.8 Å². The van der Waals surface area contributed by atoms with Crippen LogP contribution in [0.3, 0.4) is 0 Å². The lowest BCUT2D eigenvalue weighted by molar-refractivity contribution is 0.194. The number of hydrogen-bond acceptors (Lipinski definition) is 3. The molecule has 9 rings (SSSR count). The second kappa shape index (κ2) is 11.1. The zero-order valence-corrected chi connectivity index (χ0v) is 36.4. The van der Waals surface area contributed by atoms with Crippen LogP contribution in [0.4, 0.5) is 28.4 Å². The fraction of sp³-hybridized carbons (Fsp3) is 0.490. The summed E-state index contributed by atoms with van der Waals surface area (Å²) in [5, 5.41) is 1.38. The van der Waals surface area contributed by atoms with E-state index in [0.29, 0.717) is 0 Å². The Morgan fingerprint density at radius 1 is 0.593 bits per heavy atom. The molecule has 3 atom stereocenters. The predicted octanol–water partition coefficient (Wildman–Crippen LogP) is 15.1. The molecule has 1 saturated carbocycles. The topological polar surface area (TPSA) is 6.48 Å². The van der Waals surface area contributed by atoms with Crippen molar-refractivity contribution in [2.45, 2.75) is 161 Å². The molecule has 0 spiro atoms. The number of thiophene rings is 1. The first-order valence-electron chi connectivity index (χ1n) is 20.7. The van der Waals surface area contributed by atoms with Gasteiger partial charge in [-0.05, 0) is 111 Å². The van der Waals surface area contributed by atoms with Gasteiger partial charge in [-0.2, -0.15) is 0 Å². The van der Waals surface area contributed by atoms with E-state index in [1.165, 1.54) is 102 Å². The Morgan fingerprint density at radius 2 is 1.17 bits per heavy atom. The summed E-state index contributed by atoms with van der Waals surface area (Å²) in [7, 11) is 0. The highest BCUT2D eigenvalue weighted by Crippen LogP contribution is 2.70. The summed E-state index contributed by atoms with van der Waals surface area (Å²) in [6.45, 7) is 33.7. The molecule has 1 fully saturated rings. The molecule has 0 N–H and O–H groups in total. The summed E-state index contributed by atoms with van der Waals surface area (Å²) < 4.78 is 1.38. The van der Waals surface area contributed by atoms with Crippen molar-refractivity contribution in [2.24, 2.45) is 0 Å². The van der Waals surface area contributed by atoms with Crippen molar-refractivity contribution in [2.75, 3.05) is 9.80 Å². The number of hydrogen-bond donors (Lipinski definition) is 0. The van der Waals surface area contributed by atoms with Crippen molar-refractivity contribution in [3.63, 3.8) is 0 Å². The van der Waals surface area contributed by atoms with Gasteiger partial charge in [0.2, 0.25) is 0 Å². The first-order chi connectivity index (χ1) is 25.0. The quantitative estimate of drug-likeness (QED) is 0.166. The Bertz CT molecular complexity index is 2360. The second-order valence-electron chi connectivity index (χ2n) is 21.9. The van der Waals surface area contributed by atoms with Gasteiger partial charge in [-0.3, -0.25) is 0 Å². The summed E-state index contributed by atoms with van der Waals surface area (Å²) in [4.78, 5) is 7.09. The van der Waals surface area contributed by atoms with Crippen LogP contribution >= 0.6 is 11.3 Å². The molecule has 0 bridgehead atoms. The monoisotopic (exact) mass is 734 g/mol. The summed E-state index contributed by atoms with van der Waals surface area (Å²) in [6.07, 6.45) is 5.03. The van der Waals surface area contributed by atoms with E-state index < -0.39 is 0 Å². The Labute approximate surface area is 330 Å². The molecule has 0 radical (unpaired) electrons. The first kappa shape index (κ1) is 36.1. The van der Waals surface area contributed by atoms with E-state index in [-0.39, 0.29) is 38.5 Å². The third-order valence-electron chi connectivity index (χ3n) is 14.2. The van der Waals surface area contributed by atoms with Gasteiger partial charge in [-0.1, -0.05) is 133 Å². The highest BCUT2D eigenvalue weighted by atomic mass is 32.1. The van der Waals surface area contributed by atoms with Crippen molar-refractivity contribution in [3.8, 4) is 0 Å². The van der Waals surface area contributed by atoms with Gasteiger partial charge in [-0.25, -0.2) is 0 Å². The molecule has 0 amide bonds. The van der Waals surface area contributed by atoms with Crippen molar-refractivity contribution >= 4 is 49.9 Å². The molecular weight excluding hydrogens is 673 g/mol. The molecule has 2 nitrogen and oxygen atoms in total. The highest BCUT2D eigenvalue weighted by molar-refractivity contribution is 7.20. The van der Waals surface area contributed by atoms with Crippen LogP contribution in [0.15, 0.2) is 66.7 Å². The van der Waals surface area contributed by atoms with Gasteiger partial charge in [0.1, 0.15) is 0 Å². The molecule has 282 valence electrons. The predicted molar refractivity (Wildman–Crippen MR) is 235 cm³/mol. The minimum Gasteiger partial charge on any atom is -0.334 e. The van der Waals surface area contributed by atoms with E-state index in [9.17, 15) is 0 Å². The lowest BCUT2D eigenvalue weighted by Gasteiger charge is -2.53. The van der Waals surface area contributed by atoms with Crippen LogP contribution in [0.25, 0.3) is 10.1 Å². The van der Waals surface area contributed by atoms with E-state index in [1.54, 1.807) is 5.56 Å². The summed E-state index contributed by atoms with van der Waals surface area (Å²) in [5.41, 5.74) is 17.5. The summed E-state index contributed by atoms with van der Waals surface area (Å²) in [6, 6.07) is 27.4. The first-order valence-corrected chi connectivity index (χ1v) is 21.5. The number of fused-ring (bicyclic) bond motifs is 9. The van der Waals surface area contributed by atoms with Gasteiger partial charge in [0.25, 0.3) is 0 Å². The Balaban J connectivity index is 1.45. The fourth-order valence-electron chi connectivity index (χ4n) is 10.5. The minimum atomic E-state index is -0.0190. The van der Waals surface area contributed by atoms with E-state index in [0.717, 1.165) is 0 Å². The SMILES string of the molecule is CC(C)(C)c1ccc(N2c3cc(C(C)(C)C)cc4c3C(c3cc(C(C)(C)C)cc5c3N4C3(C)CCCCC53C)c3sc4ccc(C(C)(C)C)cc4c32)cc1. The van der Waals surface area contributed by atoms with Crippen LogP contribution in [0.1, 0.15) is 172 Å². The lowest BCUT2D eigenvalue weighted by Crippen LogP contribution is -2.55. The highest BCUT2D eigenvalue weighted by Gasteiger charge is 2.61. The normalized spacial score (nSPS) is 23.3. The molecule has 1 aromatic heterocycles. The number of rotatable bonds is 1. The molecule has 4 aliphatic rings. The average Bonchev–Trinajstić information content (AvgIpc) is 3.55. The number of anilines is 5. The molecule has 0 saturated heterocycles. The van der Waals surface area contributed by atoms with Gasteiger partial charge >= 0.3 is 0 Å². The summed E-state index contributed by atoms with van der Waals surface area (Å²) >= 11 is 2.04. The van der Waals surface area contributed by atoms with Gasteiger partial charge < -0.3 is 9.80 Å². The van der Waals surface area contributed by atoms with E-state index >= 15 is 0 Å². The molecule has 3 heteroatoms. The van der Waals surface area contributed by atoms with E-state index in [1.807, 2.05) is 11.3 Å². The maximum absolute atomic E-state index is 2.91. The molecule has 3 aliphatic heterocycles. The maximum atomic E-state index is 2.91. The van der Waals surface area contributed by atoms with Crippen LogP contribution in [0.2, 0.25) is 0 Å². The van der Waals surface area contributed by atoms with Gasteiger partial charge in [-0.15, -0.1) is 11.3 Å². The second-order valence-corrected chi connectivity index (χ2v) is 23.0. The van der Waals surface area contributed by atoms with Crippen LogP contribution in [0.5, 0.6) is 0 Å². The Hall–Kier alpha value is -3.56. The number of nitrogens with zero attached hydrogens (tertiary/aromatic N) is 2. The molecule has 1 aliphatic carbocycles. The summed E-state index contributed by atoms with van der Waals surface area (Å²) in [5.74, 6) is 0.166. The Kier molecular flexibility index (Phi) is 7.39. The van der Waals surface area contributed by atoms with Crippen molar-refractivity contribution in [3.05, 3.63) is 111 Å². The third-order valence-corrected chi connectivity index (χ3v) is 15.4. The van der Waals surface area contributed by atoms with Crippen LogP contribution in [0, 0.1) is 0 Å². The third kappa shape index (κ3) is 4.88. The zero-order valence-electron chi connectivity index (χ0n) is 35.6. The molecule has 5 aromatic rings. The molecule has 54 heavy (non-hydrogen) atoms. The van der Waals surface area contributed by atoms with E-state index in [4.69, 9.17) is 0 Å². The molecule has 4 aromatic carbocycles. The van der Waals surface area contributed by atoms with Crippen LogP contribution in [-0.4, -0.2) is 5.54 Å². The van der Waals surface area contributed by atoms with Crippen molar-refractivity contribution in [1.82, 2.24) is 0 Å². The minimum absolute atomic E-state index is 0.00464. The maximum Gasteiger partial charge on any atom is 0.0689 e. The fourth-order valence-corrected chi connectivity index (χ4v) is 11.8. The number of benzene rings is 4. The smallest absolute Gasteiger partial charge is 0.0689 e. The Morgan fingerprint density at radius 3 is 1.80 bits per heavy atom. The van der Waals surface area contributed by atoms with E-state index in [2.05, 4.69) is 173 Å². The molecular formula is C51H62N2S. The lowest BCUT2D eigenvalue weighted by atomic mass is 9.61. The van der Waals surface area contributed by atoms with Gasteiger partial charge in [0, 0.05) is 43.0 Å². The zero-order chi connectivity index (χ0) is 38.7. The van der Waals surface area contributed by atoms with Crippen molar-refractivity contribution in [1.29, 1.82) is 0 Å². The average molecular weight is 735 g/mol. The molecule has 4 heterocycles. The molecule has 3 unspecified atom stereocenters. The van der Waals surface area contributed by atoms with Gasteiger partial charge in [0.15, 0.2) is 0 Å². The van der Waals surface area contributed by atoms with Crippen LogP contribution < -0.4 is 9.80 Å².